The van der Waals surface area contributed by atoms with Crippen molar-refractivity contribution < 1.29 is 22.4 Å². The number of anilines is 1. The fourth-order valence-electron chi connectivity index (χ4n) is 3.37. The minimum Gasteiger partial charge on any atom is -0.292 e. The normalized spacial score (nSPS) is 11.7. The van der Waals surface area contributed by atoms with Crippen molar-refractivity contribution in [1.29, 1.82) is 0 Å². The molecule has 0 aliphatic carbocycles. The number of hydrogen-bond acceptors (Lipinski definition) is 5. The number of fused-ring (bicyclic) bond motifs is 1. The lowest BCUT2D eigenvalue weighted by atomic mass is 10.1. The Morgan fingerprint density at radius 1 is 1.12 bits per heavy atom. The number of carbonyl (C=O) groups excluding carboxylic acids is 1. The number of nitrogens with zero attached hydrogens (tertiary/aromatic N) is 6. The second-order valence-electron chi connectivity index (χ2n) is 7.19. The number of alkyl halides is 4. The van der Waals surface area contributed by atoms with E-state index in [1.165, 1.54) is 17.9 Å². The van der Waals surface area contributed by atoms with Gasteiger partial charge in [-0.3, -0.25) is 10.1 Å². The van der Waals surface area contributed by atoms with Crippen LogP contribution < -0.4 is 5.32 Å². The first-order chi connectivity index (χ1) is 16.1. The van der Waals surface area contributed by atoms with Gasteiger partial charge in [-0.25, -0.2) is 36.9 Å². The number of amides is 1. The van der Waals surface area contributed by atoms with Crippen molar-refractivity contribution in [3.8, 4) is 0 Å². The van der Waals surface area contributed by atoms with Gasteiger partial charge in [0.1, 0.15) is 18.6 Å². The summed E-state index contributed by atoms with van der Waals surface area (Å²) in [6.45, 7) is 1.13. The summed E-state index contributed by atoms with van der Waals surface area (Å²) >= 11 is 12.3. The summed E-state index contributed by atoms with van der Waals surface area (Å²) in [4.78, 5) is 20.2. The van der Waals surface area contributed by atoms with Gasteiger partial charge in [-0.1, -0.05) is 29.3 Å². The fourth-order valence-corrected chi connectivity index (χ4v) is 3.89. The SMILES string of the molecule is Cc1nn(CC(=O)Nc2ncn(Cc3c(Cl)cccc3Cl)n2)c2nc(C(F)F)cc(C(F)F)c12. The van der Waals surface area contributed by atoms with Crippen LogP contribution in [0.25, 0.3) is 11.0 Å². The zero-order valence-corrected chi connectivity index (χ0v) is 18.8. The molecule has 178 valence electrons. The molecule has 4 rings (SSSR count). The molecule has 1 aromatic carbocycles. The Labute approximate surface area is 199 Å². The number of carbonyl (C=O) groups is 1. The predicted octanol–water partition coefficient (Wildman–Crippen LogP) is 5.20. The Kier molecular flexibility index (Phi) is 6.71. The number of hydrogen-bond donors (Lipinski definition) is 1. The zero-order valence-electron chi connectivity index (χ0n) is 17.3. The Morgan fingerprint density at radius 2 is 1.82 bits per heavy atom. The fraction of sp³-hybridized carbons (Fsp3) is 0.250. The quantitative estimate of drug-likeness (QED) is 0.341. The van der Waals surface area contributed by atoms with E-state index in [0.717, 1.165) is 4.68 Å². The summed E-state index contributed by atoms with van der Waals surface area (Å²) in [6.07, 6.45) is -4.74. The van der Waals surface area contributed by atoms with E-state index in [0.29, 0.717) is 21.7 Å². The average molecular weight is 516 g/mol. The molecule has 0 atom stereocenters. The number of nitrogens with one attached hydrogen (secondary N) is 1. The van der Waals surface area contributed by atoms with Crippen molar-refractivity contribution in [2.24, 2.45) is 0 Å². The van der Waals surface area contributed by atoms with Crippen LogP contribution in [0.3, 0.4) is 0 Å². The molecule has 8 nitrogen and oxygen atoms in total. The number of aromatic nitrogens is 6. The van der Waals surface area contributed by atoms with Crippen molar-refractivity contribution in [3.05, 3.63) is 63.2 Å². The molecule has 3 aromatic heterocycles. The first-order valence-electron chi connectivity index (χ1n) is 9.70. The molecule has 0 spiro atoms. The third-order valence-corrected chi connectivity index (χ3v) is 5.56. The standard InChI is InChI=1S/C20H15Cl2F4N7O/c1-9-16-10(17(23)24)5-14(18(25)26)28-19(16)33(30-9)7-15(34)29-20-27-8-32(31-20)6-11-12(21)3-2-4-13(11)22/h2-5,8,17-18H,6-7H2,1H3,(H,29,31,34). The molecule has 0 saturated carbocycles. The van der Waals surface area contributed by atoms with Gasteiger partial charge in [0.05, 0.1) is 17.6 Å². The molecule has 14 heteroatoms. The number of rotatable bonds is 7. The number of halogens is 6. The van der Waals surface area contributed by atoms with Gasteiger partial charge in [0.2, 0.25) is 11.9 Å². The van der Waals surface area contributed by atoms with Gasteiger partial charge in [-0.05, 0) is 25.1 Å². The van der Waals surface area contributed by atoms with Gasteiger partial charge in [0, 0.05) is 21.2 Å². The van der Waals surface area contributed by atoms with Gasteiger partial charge in [0.15, 0.2) is 5.65 Å². The van der Waals surface area contributed by atoms with Crippen LogP contribution in [0.15, 0.2) is 30.6 Å². The lowest BCUT2D eigenvalue weighted by molar-refractivity contribution is -0.116. The highest BCUT2D eigenvalue weighted by Gasteiger charge is 2.24. The van der Waals surface area contributed by atoms with Gasteiger partial charge >= 0.3 is 0 Å². The van der Waals surface area contributed by atoms with Crippen molar-refractivity contribution in [3.63, 3.8) is 0 Å². The molecule has 4 aromatic rings. The minimum absolute atomic E-state index is 0.0455. The van der Waals surface area contributed by atoms with Crippen molar-refractivity contribution in [2.75, 3.05) is 5.32 Å². The van der Waals surface area contributed by atoms with E-state index in [9.17, 15) is 22.4 Å². The maximum atomic E-state index is 13.5. The van der Waals surface area contributed by atoms with E-state index >= 15 is 0 Å². The molecule has 0 aliphatic rings. The van der Waals surface area contributed by atoms with Gasteiger partial charge in [-0.2, -0.15) is 5.10 Å². The Hall–Kier alpha value is -3.25. The third-order valence-electron chi connectivity index (χ3n) is 4.85. The molecule has 3 heterocycles. The lowest BCUT2D eigenvalue weighted by Gasteiger charge is -2.08. The van der Waals surface area contributed by atoms with E-state index in [1.54, 1.807) is 18.2 Å². The van der Waals surface area contributed by atoms with Crippen LogP contribution in [0, 0.1) is 6.92 Å². The lowest BCUT2D eigenvalue weighted by Crippen LogP contribution is -2.21. The van der Waals surface area contributed by atoms with E-state index in [4.69, 9.17) is 23.2 Å². The molecule has 1 N–H and O–H groups in total. The van der Waals surface area contributed by atoms with Crippen molar-refractivity contribution in [2.45, 2.75) is 32.9 Å². The summed E-state index contributed by atoms with van der Waals surface area (Å²) in [5, 5.41) is 11.4. The second kappa shape index (κ2) is 9.55. The minimum atomic E-state index is -3.07. The molecular weight excluding hydrogens is 501 g/mol. The summed E-state index contributed by atoms with van der Waals surface area (Å²) in [5.41, 5.74) is -0.952. The molecule has 1 amide bonds. The van der Waals surface area contributed by atoms with E-state index in [-0.39, 0.29) is 29.2 Å². The van der Waals surface area contributed by atoms with Gasteiger partial charge in [0.25, 0.3) is 12.9 Å². The van der Waals surface area contributed by atoms with Crippen LogP contribution in [-0.4, -0.2) is 35.4 Å². The molecule has 0 radical (unpaired) electrons. The number of aryl methyl sites for hydroxylation is 1. The van der Waals surface area contributed by atoms with Gasteiger partial charge in [-0.15, -0.1) is 5.10 Å². The highest BCUT2D eigenvalue weighted by atomic mass is 35.5. The Morgan fingerprint density at radius 3 is 2.47 bits per heavy atom. The maximum absolute atomic E-state index is 13.5. The Balaban J connectivity index is 1.54. The highest BCUT2D eigenvalue weighted by Crippen LogP contribution is 2.32. The van der Waals surface area contributed by atoms with Crippen molar-refractivity contribution in [1.82, 2.24) is 29.5 Å². The first kappa shape index (κ1) is 23.9. The molecule has 0 fully saturated rings. The first-order valence-corrected chi connectivity index (χ1v) is 10.5. The molecular formula is C20H15Cl2F4N7O. The van der Waals surface area contributed by atoms with Crippen molar-refractivity contribution >= 4 is 46.1 Å². The van der Waals surface area contributed by atoms with E-state index < -0.39 is 36.6 Å². The van der Waals surface area contributed by atoms with Crippen LogP contribution in [0.1, 0.15) is 35.4 Å². The van der Waals surface area contributed by atoms with Crippen LogP contribution in [0.5, 0.6) is 0 Å². The highest BCUT2D eigenvalue weighted by molar-refractivity contribution is 6.35. The van der Waals surface area contributed by atoms with Crippen LogP contribution in [-0.2, 0) is 17.9 Å². The van der Waals surface area contributed by atoms with Crippen LogP contribution in [0.2, 0.25) is 10.0 Å². The van der Waals surface area contributed by atoms with E-state index in [2.05, 4.69) is 25.5 Å². The average Bonchev–Trinajstić information content (AvgIpc) is 3.34. The van der Waals surface area contributed by atoms with E-state index in [1.807, 2.05) is 0 Å². The molecule has 0 bridgehead atoms. The summed E-state index contributed by atoms with van der Waals surface area (Å²) in [7, 11) is 0. The molecule has 0 aliphatic heterocycles. The van der Waals surface area contributed by atoms with Crippen LogP contribution in [0.4, 0.5) is 23.5 Å². The smallest absolute Gasteiger partial charge is 0.280 e. The summed E-state index contributed by atoms with van der Waals surface area (Å²) in [5.74, 6) is -0.711. The number of pyridine rings is 1. The third kappa shape index (κ3) is 4.82. The maximum Gasteiger partial charge on any atom is 0.280 e. The molecule has 0 unspecified atom stereocenters. The topological polar surface area (TPSA) is 90.5 Å². The second-order valence-corrected chi connectivity index (χ2v) is 8.01. The summed E-state index contributed by atoms with van der Waals surface area (Å²) < 4.78 is 55.7. The van der Waals surface area contributed by atoms with Gasteiger partial charge < -0.3 is 0 Å². The zero-order chi connectivity index (χ0) is 24.6. The Bertz CT molecular complexity index is 1350. The molecule has 34 heavy (non-hydrogen) atoms. The number of benzene rings is 1. The largest absolute Gasteiger partial charge is 0.292 e. The van der Waals surface area contributed by atoms with Crippen LogP contribution >= 0.6 is 23.2 Å². The summed E-state index contributed by atoms with van der Waals surface area (Å²) in [6, 6.07) is 5.70. The molecule has 0 saturated heterocycles. The predicted molar refractivity (Wildman–Crippen MR) is 116 cm³/mol. The monoisotopic (exact) mass is 515 g/mol.